The minimum Gasteiger partial charge on any atom is -0.499 e. The van der Waals surface area contributed by atoms with Gasteiger partial charge in [0.1, 0.15) is 6.10 Å². The first-order valence-electron chi connectivity index (χ1n) is 19.4. The summed E-state index contributed by atoms with van der Waals surface area (Å²) >= 11 is 0. The van der Waals surface area contributed by atoms with E-state index in [9.17, 15) is 9.90 Å². The highest BCUT2D eigenvalue weighted by Gasteiger charge is 2.14. The SMILES string of the molecule is C=C(CCCN(CCO)CCCCCCCC(=O)OC(CCCCCCCC)CCCCCCCC)OCCCCCCC. The fraction of sp³-hybridized carbons (Fsp3) is 0.923. The standard InChI is InChI=1S/C39H77NO4/c1-5-8-11-14-17-22-29-38(30-23-18-15-12-9-6-2)44-39(42)31-24-19-16-20-25-32-40(34-35-41)33-27-28-37(4)43-36-26-21-13-10-7-3/h38,41H,4-36H2,1-3H3. The van der Waals surface area contributed by atoms with Crippen molar-refractivity contribution in [2.75, 3.05) is 32.8 Å². The summed E-state index contributed by atoms with van der Waals surface area (Å²) in [5.74, 6) is 0.919. The van der Waals surface area contributed by atoms with E-state index in [1.165, 1.54) is 109 Å². The molecule has 0 amide bonds. The smallest absolute Gasteiger partial charge is 0.306 e. The number of ether oxygens (including phenoxy) is 2. The molecule has 0 atom stereocenters. The molecule has 0 spiro atoms. The van der Waals surface area contributed by atoms with E-state index in [0.29, 0.717) is 6.42 Å². The highest BCUT2D eigenvalue weighted by molar-refractivity contribution is 5.69. The number of carbonyl (C=O) groups is 1. The second-order valence-corrected chi connectivity index (χ2v) is 13.2. The quantitative estimate of drug-likeness (QED) is 0.0427. The van der Waals surface area contributed by atoms with E-state index in [1.807, 2.05) is 0 Å². The number of rotatable bonds is 36. The van der Waals surface area contributed by atoms with Crippen molar-refractivity contribution in [2.45, 2.75) is 200 Å². The summed E-state index contributed by atoms with van der Waals surface area (Å²) < 4.78 is 11.8. The number of carbonyl (C=O) groups excluding carboxylic acids is 1. The first-order chi connectivity index (χ1) is 21.6. The first-order valence-corrected chi connectivity index (χ1v) is 19.4. The third-order valence-corrected chi connectivity index (χ3v) is 8.81. The van der Waals surface area contributed by atoms with Gasteiger partial charge in [-0.15, -0.1) is 0 Å². The van der Waals surface area contributed by atoms with Crippen molar-refractivity contribution in [3.05, 3.63) is 12.3 Å². The van der Waals surface area contributed by atoms with Gasteiger partial charge in [-0.1, -0.05) is 137 Å². The number of allylic oxidation sites excluding steroid dienone is 1. The molecule has 0 saturated heterocycles. The maximum atomic E-state index is 12.6. The molecule has 1 N–H and O–H groups in total. The fourth-order valence-corrected chi connectivity index (χ4v) is 5.92. The van der Waals surface area contributed by atoms with E-state index in [1.54, 1.807) is 0 Å². The molecule has 0 aromatic rings. The van der Waals surface area contributed by atoms with Gasteiger partial charge >= 0.3 is 5.97 Å². The third-order valence-electron chi connectivity index (χ3n) is 8.81. The molecule has 0 unspecified atom stereocenters. The molecule has 5 heteroatoms. The van der Waals surface area contributed by atoms with Crippen LogP contribution in [0, 0.1) is 0 Å². The van der Waals surface area contributed by atoms with Crippen LogP contribution in [0.2, 0.25) is 0 Å². The van der Waals surface area contributed by atoms with Gasteiger partial charge < -0.3 is 19.5 Å². The Bertz CT molecular complexity index is 595. The van der Waals surface area contributed by atoms with Gasteiger partial charge in [0.15, 0.2) is 0 Å². The number of hydrogen-bond donors (Lipinski definition) is 1. The van der Waals surface area contributed by atoms with Crippen molar-refractivity contribution in [3.8, 4) is 0 Å². The molecule has 262 valence electrons. The van der Waals surface area contributed by atoms with Crippen LogP contribution in [0.25, 0.3) is 0 Å². The molecule has 0 aromatic carbocycles. The average Bonchev–Trinajstić information content (AvgIpc) is 3.01. The van der Waals surface area contributed by atoms with Gasteiger partial charge in [-0.3, -0.25) is 4.79 Å². The molecule has 0 aliphatic rings. The van der Waals surface area contributed by atoms with Crippen LogP contribution >= 0.6 is 0 Å². The van der Waals surface area contributed by atoms with E-state index >= 15 is 0 Å². The molecule has 0 bridgehead atoms. The van der Waals surface area contributed by atoms with Crippen LogP contribution in [-0.2, 0) is 14.3 Å². The highest BCUT2D eigenvalue weighted by atomic mass is 16.5. The van der Waals surface area contributed by atoms with Crippen LogP contribution in [0.4, 0.5) is 0 Å². The van der Waals surface area contributed by atoms with E-state index in [4.69, 9.17) is 9.47 Å². The Balaban J connectivity index is 4.07. The number of esters is 1. The molecule has 44 heavy (non-hydrogen) atoms. The lowest BCUT2D eigenvalue weighted by Crippen LogP contribution is -2.29. The summed E-state index contributed by atoms with van der Waals surface area (Å²) in [6.07, 6.45) is 31.9. The average molecular weight is 624 g/mol. The highest BCUT2D eigenvalue weighted by Crippen LogP contribution is 2.18. The Kier molecular flexibility index (Phi) is 34.0. The zero-order valence-electron chi connectivity index (χ0n) is 30.0. The Morgan fingerprint density at radius 3 is 1.64 bits per heavy atom. The summed E-state index contributed by atoms with van der Waals surface area (Å²) in [4.78, 5) is 15.0. The van der Waals surface area contributed by atoms with Crippen molar-refractivity contribution in [1.29, 1.82) is 0 Å². The third kappa shape index (κ3) is 30.9. The lowest BCUT2D eigenvalue weighted by Gasteiger charge is -2.21. The van der Waals surface area contributed by atoms with Gasteiger partial charge in [0.05, 0.1) is 19.0 Å². The van der Waals surface area contributed by atoms with Gasteiger partial charge in [-0.2, -0.15) is 0 Å². The van der Waals surface area contributed by atoms with Crippen molar-refractivity contribution >= 4 is 5.97 Å². The van der Waals surface area contributed by atoms with Crippen LogP contribution in [0.1, 0.15) is 194 Å². The topological polar surface area (TPSA) is 59.0 Å². The Labute approximate surface area is 275 Å². The minimum absolute atomic E-state index is 0.0168. The Morgan fingerprint density at radius 1 is 0.591 bits per heavy atom. The van der Waals surface area contributed by atoms with Gasteiger partial charge in [-0.25, -0.2) is 0 Å². The van der Waals surface area contributed by atoms with Crippen molar-refractivity contribution in [3.63, 3.8) is 0 Å². The molecule has 0 aromatic heterocycles. The first kappa shape index (κ1) is 42.9. The van der Waals surface area contributed by atoms with Crippen molar-refractivity contribution < 1.29 is 19.4 Å². The number of nitrogens with zero attached hydrogens (tertiary/aromatic N) is 1. The van der Waals surface area contributed by atoms with Crippen molar-refractivity contribution in [2.24, 2.45) is 0 Å². The predicted molar refractivity (Wildman–Crippen MR) is 190 cm³/mol. The van der Waals surface area contributed by atoms with Gasteiger partial charge in [0, 0.05) is 19.4 Å². The molecule has 5 nitrogen and oxygen atoms in total. The number of aliphatic hydroxyl groups is 1. The van der Waals surface area contributed by atoms with Gasteiger partial charge in [0.25, 0.3) is 0 Å². The fourth-order valence-electron chi connectivity index (χ4n) is 5.92. The second kappa shape index (κ2) is 34.8. The van der Waals surface area contributed by atoms with Crippen LogP contribution in [0.5, 0.6) is 0 Å². The number of aliphatic hydroxyl groups excluding tert-OH is 1. The molecule has 0 saturated carbocycles. The van der Waals surface area contributed by atoms with Gasteiger partial charge in [0.2, 0.25) is 0 Å². The largest absolute Gasteiger partial charge is 0.499 e. The normalized spacial score (nSPS) is 11.5. The molecule has 0 heterocycles. The number of hydrogen-bond acceptors (Lipinski definition) is 5. The molecule has 0 aliphatic carbocycles. The second-order valence-electron chi connectivity index (χ2n) is 13.2. The van der Waals surface area contributed by atoms with Crippen LogP contribution in [0.3, 0.4) is 0 Å². The van der Waals surface area contributed by atoms with Crippen LogP contribution in [-0.4, -0.2) is 54.9 Å². The summed E-state index contributed by atoms with van der Waals surface area (Å²) in [5, 5.41) is 9.49. The molecular formula is C39H77NO4. The van der Waals surface area contributed by atoms with E-state index in [2.05, 4.69) is 32.3 Å². The zero-order chi connectivity index (χ0) is 32.4. The lowest BCUT2D eigenvalue weighted by molar-refractivity contribution is -0.150. The lowest BCUT2D eigenvalue weighted by atomic mass is 10.0. The maximum absolute atomic E-state index is 12.6. The summed E-state index contributed by atoms with van der Waals surface area (Å²) in [7, 11) is 0. The Hall–Kier alpha value is -1.07. The predicted octanol–water partition coefficient (Wildman–Crippen LogP) is 11.3. The minimum atomic E-state index is 0.0168. The van der Waals surface area contributed by atoms with E-state index in [-0.39, 0.29) is 18.7 Å². The number of unbranched alkanes of at least 4 members (excludes halogenated alkanes) is 18. The van der Waals surface area contributed by atoms with E-state index < -0.39 is 0 Å². The van der Waals surface area contributed by atoms with E-state index in [0.717, 1.165) is 89.8 Å². The Morgan fingerprint density at radius 2 is 1.07 bits per heavy atom. The van der Waals surface area contributed by atoms with Crippen LogP contribution in [0.15, 0.2) is 12.3 Å². The van der Waals surface area contributed by atoms with Crippen LogP contribution < -0.4 is 0 Å². The molecule has 0 radical (unpaired) electrons. The monoisotopic (exact) mass is 624 g/mol. The zero-order valence-corrected chi connectivity index (χ0v) is 30.0. The molecule has 0 fully saturated rings. The molecule has 0 rings (SSSR count). The molecule has 0 aliphatic heterocycles. The summed E-state index contributed by atoms with van der Waals surface area (Å²) in [6.45, 7) is 14.6. The molecular weight excluding hydrogens is 546 g/mol. The van der Waals surface area contributed by atoms with Gasteiger partial charge in [-0.05, 0) is 64.5 Å². The summed E-state index contributed by atoms with van der Waals surface area (Å²) in [5.41, 5.74) is 0. The summed E-state index contributed by atoms with van der Waals surface area (Å²) in [6, 6.07) is 0. The maximum Gasteiger partial charge on any atom is 0.306 e. The van der Waals surface area contributed by atoms with Crippen molar-refractivity contribution in [1.82, 2.24) is 4.90 Å².